The Balaban J connectivity index is 1.94. The van der Waals surface area contributed by atoms with E-state index in [1.807, 2.05) is 45.0 Å². The van der Waals surface area contributed by atoms with Crippen LogP contribution < -0.4 is 10.1 Å². The molecule has 0 bridgehead atoms. The Hall–Kier alpha value is -3.08. The molecule has 0 aliphatic heterocycles. The molecule has 1 N–H and O–H groups in total. The number of carbonyl (C=O) groups excluding carboxylic acids is 2. The standard InChI is InChI=1S/C23H27NO4/c1-4-15-27-21-8-6-5-7-18(21)11-14-22(25)24-20-12-9-19(10-13-20)23(26)28-16-17(2)3/h5-14,17H,4,15-16H2,1-3H3,(H,24,25)/b14-11+. The van der Waals surface area contributed by atoms with E-state index in [0.717, 1.165) is 17.7 Å². The quantitative estimate of drug-likeness (QED) is 0.493. The van der Waals surface area contributed by atoms with Crippen LogP contribution in [-0.4, -0.2) is 25.1 Å². The highest BCUT2D eigenvalue weighted by atomic mass is 16.5. The van der Waals surface area contributed by atoms with Gasteiger partial charge in [0.1, 0.15) is 5.75 Å². The van der Waals surface area contributed by atoms with Crippen molar-refractivity contribution in [3.05, 3.63) is 65.7 Å². The molecule has 2 rings (SSSR count). The summed E-state index contributed by atoms with van der Waals surface area (Å²) in [5.74, 6) is 0.403. The van der Waals surface area contributed by atoms with Crippen LogP contribution >= 0.6 is 0 Å². The Morgan fingerprint density at radius 2 is 1.79 bits per heavy atom. The first-order chi connectivity index (χ1) is 13.5. The molecule has 5 heteroatoms. The summed E-state index contributed by atoms with van der Waals surface area (Å²) in [6, 6.07) is 14.2. The van der Waals surface area contributed by atoms with E-state index in [1.165, 1.54) is 6.08 Å². The average Bonchev–Trinajstić information content (AvgIpc) is 2.70. The SMILES string of the molecule is CCCOc1ccccc1/C=C/C(=O)Nc1ccc(C(=O)OCC(C)C)cc1. The van der Waals surface area contributed by atoms with Gasteiger partial charge in [-0.1, -0.05) is 39.0 Å². The van der Waals surface area contributed by atoms with Gasteiger partial charge in [-0.3, -0.25) is 4.79 Å². The number of ether oxygens (including phenoxy) is 2. The molecule has 0 aliphatic carbocycles. The van der Waals surface area contributed by atoms with E-state index < -0.39 is 0 Å². The number of benzene rings is 2. The van der Waals surface area contributed by atoms with E-state index in [2.05, 4.69) is 5.32 Å². The Morgan fingerprint density at radius 1 is 1.07 bits per heavy atom. The summed E-state index contributed by atoms with van der Waals surface area (Å²) in [5.41, 5.74) is 1.90. The number of nitrogens with one attached hydrogen (secondary N) is 1. The fourth-order valence-corrected chi connectivity index (χ4v) is 2.33. The zero-order chi connectivity index (χ0) is 20.4. The molecule has 0 aromatic heterocycles. The predicted octanol–water partition coefficient (Wildman–Crippen LogP) is 4.94. The van der Waals surface area contributed by atoms with Gasteiger partial charge in [0.05, 0.1) is 18.8 Å². The second kappa shape index (κ2) is 10.9. The van der Waals surface area contributed by atoms with Crippen LogP contribution in [0.2, 0.25) is 0 Å². The van der Waals surface area contributed by atoms with Crippen LogP contribution in [0.4, 0.5) is 5.69 Å². The Morgan fingerprint density at radius 3 is 2.46 bits per heavy atom. The maximum Gasteiger partial charge on any atom is 0.338 e. The van der Waals surface area contributed by atoms with Gasteiger partial charge in [0.25, 0.3) is 0 Å². The number of rotatable bonds is 9. The molecule has 28 heavy (non-hydrogen) atoms. The maximum absolute atomic E-state index is 12.2. The zero-order valence-electron chi connectivity index (χ0n) is 16.6. The first-order valence-corrected chi connectivity index (χ1v) is 9.47. The van der Waals surface area contributed by atoms with Crippen molar-refractivity contribution in [3.8, 4) is 5.75 Å². The van der Waals surface area contributed by atoms with Crippen molar-refractivity contribution >= 4 is 23.6 Å². The summed E-state index contributed by atoms with van der Waals surface area (Å²) in [6.45, 7) is 7.01. The minimum atomic E-state index is -0.366. The number of para-hydroxylation sites is 1. The highest BCUT2D eigenvalue weighted by Gasteiger charge is 2.08. The zero-order valence-corrected chi connectivity index (χ0v) is 16.6. The summed E-state index contributed by atoms with van der Waals surface area (Å²) < 4.78 is 10.9. The molecule has 0 saturated heterocycles. The maximum atomic E-state index is 12.2. The Labute approximate surface area is 166 Å². The van der Waals surface area contributed by atoms with Crippen molar-refractivity contribution in [1.82, 2.24) is 0 Å². The van der Waals surface area contributed by atoms with Crippen LogP contribution in [0.1, 0.15) is 43.1 Å². The average molecular weight is 381 g/mol. The third-order valence-electron chi connectivity index (χ3n) is 3.73. The molecule has 5 nitrogen and oxygen atoms in total. The molecule has 0 spiro atoms. The van der Waals surface area contributed by atoms with E-state index in [9.17, 15) is 9.59 Å². The smallest absolute Gasteiger partial charge is 0.338 e. The largest absolute Gasteiger partial charge is 0.493 e. The van der Waals surface area contributed by atoms with E-state index in [4.69, 9.17) is 9.47 Å². The van der Waals surface area contributed by atoms with Crippen LogP contribution in [0, 0.1) is 5.92 Å². The van der Waals surface area contributed by atoms with Crippen molar-refractivity contribution in [3.63, 3.8) is 0 Å². The van der Waals surface area contributed by atoms with Crippen molar-refractivity contribution in [2.45, 2.75) is 27.2 Å². The molecule has 0 radical (unpaired) electrons. The second-order valence-electron chi connectivity index (χ2n) is 6.78. The summed E-state index contributed by atoms with van der Waals surface area (Å²) >= 11 is 0. The first-order valence-electron chi connectivity index (χ1n) is 9.47. The topological polar surface area (TPSA) is 64.6 Å². The highest BCUT2D eigenvalue weighted by Crippen LogP contribution is 2.20. The fraction of sp³-hybridized carbons (Fsp3) is 0.304. The first kappa shape index (κ1) is 21.2. The number of amides is 1. The third-order valence-corrected chi connectivity index (χ3v) is 3.73. The molecule has 0 saturated carbocycles. The van der Waals surface area contributed by atoms with Crippen LogP contribution in [0.15, 0.2) is 54.6 Å². The number of esters is 1. The predicted molar refractivity (Wildman–Crippen MR) is 111 cm³/mol. The number of hydrogen-bond donors (Lipinski definition) is 1. The molecule has 0 unspecified atom stereocenters. The molecule has 0 fully saturated rings. The van der Waals surface area contributed by atoms with Gasteiger partial charge in [-0.15, -0.1) is 0 Å². The van der Waals surface area contributed by atoms with Gasteiger partial charge in [-0.05, 0) is 48.7 Å². The molecule has 1 amide bonds. The van der Waals surface area contributed by atoms with Gasteiger partial charge >= 0.3 is 5.97 Å². The lowest BCUT2D eigenvalue weighted by Crippen LogP contribution is -2.11. The van der Waals surface area contributed by atoms with E-state index >= 15 is 0 Å². The Kier molecular flexibility index (Phi) is 8.28. The van der Waals surface area contributed by atoms with Gasteiger partial charge in [0, 0.05) is 17.3 Å². The minimum absolute atomic E-state index is 0.263. The molecule has 2 aromatic carbocycles. The van der Waals surface area contributed by atoms with Gasteiger partial charge in [0.15, 0.2) is 0 Å². The summed E-state index contributed by atoms with van der Waals surface area (Å²) in [4.78, 5) is 24.1. The lowest BCUT2D eigenvalue weighted by molar-refractivity contribution is -0.111. The molecule has 0 heterocycles. The molecular weight excluding hydrogens is 354 g/mol. The molecule has 0 atom stereocenters. The lowest BCUT2D eigenvalue weighted by atomic mass is 10.2. The fourth-order valence-electron chi connectivity index (χ4n) is 2.33. The molecule has 148 valence electrons. The minimum Gasteiger partial charge on any atom is -0.493 e. The van der Waals surface area contributed by atoms with E-state index in [-0.39, 0.29) is 17.8 Å². The van der Waals surface area contributed by atoms with Crippen LogP contribution in [0.25, 0.3) is 6.08 Å². The molecule has 2 aromatic rings. The van der Waals surface area contributed by atoms with Gasteiger partial charge < -0.3 is 14.8 Å². The van der Waals surface area contributed by atoms with Gasteiger partial charge in [0.2, 0.25) is 5.91 Å². The van der Waals surface area contributed by atoms with Crippen LogP contribution in [0.5, 0.6) is 5.75 Å². The van der Waals surface area contributed by atoms with E-state index in [1.54, 1.807) is 30.3 Å². The monoisotopic (exact) mass is 381 g/mol. The normalized spacial score (nSPS) is 10.9. The van der Waals surface area contributed by atoms with Crippen molar-refractivity contribution in [1.29, 1.82) is 0 Å². The number of hydrogen-bond acceptors (Lipinski definition) is 4. The summed E-state index contributed by atoms with van der Waals surface area (Å²) in [6.07, 6.45) is 4.09. The van der Waals surface area contributed by atoms with E-state index in [0.29, 0.717) is 24.5 Å². The third kappa shape index (κ3) is 6.91. The second-order valence-corrected chi connectivity index (χ2v) is 6.78. The van der Waals surface area contributed by atoms with Crippen LogP contribution in [0.3, 0.4) is 0 Å². The van der Waals surface area contributed by atoms with Crippen molar-refractivity contribution < 1.29 is 19.1 Å². The van der Waals surface area contributed by atoms with Crippen molar-refractivity contribution in [2.75, 3.05) is 18.5 Å². The number of carbonyl (C=O) groups is 2. The summed E-state index contributed by atoms with van der Waals surface area (Å²) in [7, 11) is 0. The van der Waals surface area contributed by atoms with Crippen molar-refractivity contribution in [2.24, 2.45) is 5.92 Å². The molecular formula is C23H27NO4. The van der Waals surface area contributed by atoms with Gasteiger partial charge in [-0.25, -0.2) is 4.79 Å². The Bertz CT molecular complexity index is 810. The number of anilines is 1. The van der Waals surface area contributed by atoms with Crippen LogP contribution in [-0.2, 0) is 9.53 Å². The molecule has 0 aliphatic rings. The lowest BCUT2D eigenvalue weighted by Gasteiger charge is -2.08. The van der Waals surface area contributed by atoms with Gasteiger partial charge in [-0.2, -0.15) is 0 Å². The highest BCUT2D eigenvalue weighted by molar-refractivity contribution is 6.02. The summed E-state index contributed by atoms with van der Waals surface area (Å²) in [5, 5.41) is 2.77.